The van der Waals surface area contributed by atoms with E-state index in [-0.39, 0.29) is 39.6 Å². The van der Waals surface area contributed by atoms with Crippen molar-refractivity contribution in [2.75, 3.05) is 113 Å². The van der Waals surface area contributed by atoms with Gasteiger partial charge in [-0.15, -0.1) is 0 Å². The molecule has 0 atom stereocenters. The van der Waals surface area contributed by atoms with Crippen LogP contribution in [0, 0.1) is 0 Å². The van der Waals surface area contributed by atoms with Crippen LogP contribution in [0.2, 0.25) is 0 Å². The zero-order chi connectivity index (χ0) is 22.6. The first-order chi connectivity index (χ1) is 11.1. The molecule has 0 aliphatic carbocycles. The first-order valence-electron chi connectivity index (χ1n) is 8.82. The Bertz CT molecular complexity index is 109. The normalized spacial score (nSPS) is 8.08. The second-order valence-electron chi connectivity index (χ2n) is 8.08. The van der Waals surface area contributed by atoms with Crippen LogP contribution in [0.15, 0.2) is 0 Å². The van der Waals surface area contributed by atoms with E-state index in [4.69, 9.17) is 0 Å². The Labute approximate surface area is 192 Å². The fraction of sp³-hybridized carbons (Fsp3) is 1.00. The standard InChI is InChI=1S/5C3H9P.C2H7P.2W/c5*1-4(2)3;1-3-2;;/h5*1-3H3;3H,1-2H3;;/p+6. The third kappa shape index (κ3) is 1200. The summed E-state index contributed by atoms with van der Waals surface area (Å²) >= 11 is 3.33. The average Bonchev–Trinajstić information content (AvgIpc) is 2.27. The summed E-state index contributed by atoms with van der Waals surface area (Å²) < 4.78 is 0. The van der Waals surface area contributed by atoms with Gasteiger partial charge >= 0.3 is 32.4 Å². The third-order valence-corrected chi connectivity index (χ3v) is 0. The molecule has 8 heteroatoms. The molecule has 0 bridgehead atoms. The van der Waals surface area contributed by atoms with Gasteiger partial charge in [0.15, 0.2) is 0 Å². The maximum atomic E-state index is 2.27. The zero-order valence-corrected chi connectivity index (χ0v) is 32.9. The zero-order valence-electron chi connectivity index (χ0n) is 20.9. The van der Waals surface area contributed by atoms with E-state index in [0.29, 0.717) is 0 Å². The number of hydrogen-bond donors (Lipinski definition) is 0. The van der Waals surface area contributed by atoms with Gasteiger partial charge in [-0.1, -0.05) is 0 Å². The fourth-order valence-electron chi connectivity index (χ4n) is 0. The number of hydrogen-bond acceptors (Lipinski definition) is 0. The van der Waals surface area contributed by atoms with Crippen molar-refractivity contribution in [1.29, 1.82) is 0 Å². The van der Waals surface area contributed by atoms with Gasteiger partial charge in [-0.25, -0.2) is 0 Å². The van der Waals surface area contributed by atoms with Gasteiger partial charge in [0.1, 0.15) is 0 Å². The van der Waals surface area contributed by atoms with E-state index >= 15 is 0 Å². The molecule has 0 radical (unpaired) electrons. The third-order valence-electron chi connectivity index (χ3n) is 0. The summed E-state index contributed by atoms with van der Waals surface area (Å²) in [5.41, 5.74) is 0. The van der Waals surface area contributed by atoms with Gasteiger partial charge in [-0.2, -0.15) is 0 Å². The van der Waals surface area contributed by atoms with E-state index in [0.717, 1.165) is 8.58 Å². The summed E-state index contributed by atoms with van der Waals surface area (Å²) in [7, 11) is 1.35. The SMILES string of the molecule is C[PH+](C)C.C[PH+](C)C.C[PH+](C)C.C[PH+](C)C.C[PH+](C)C.C[PH2+]C.[W]=[W]. The Kier molecular flexibility index (Phi) is 95.8. The monoisotopic (exact) mass is 816 g/mol. The summed E-state index contributed by atoms with van der Waals surface area (Å²) in [6.07, 6.45) is 0. The van der Waals surface area contributed by atoms with Crippen LogP contribution in [0.4, 0.5) is 0 Å². The van der Waals surface area contributed by atoms with E-state index in [9.17, 15) is 0 Å². The van der Waals surface area contributed by atoms with Crippen LogP contribution in [-0.2, 0) is 32.4 Å². The van der Waals surface area contributed by atoms with E-state index < -0.39 is 0 Å². The second kappa shape index (κ2) is 51.0. The molecule has 0 spiro atoms. The van der Waals surface area contributed by atoms with Crippen molar-refractivity contribution in [3.05, 3.63) is 0 Å². The van der Waals surface area contributed by atoms with Crippen molar-refractivity contribution in [2.24, 2.45) is 0 Å². The first kappa shape index (κ1) is 46.9. The first-order valence-corrected chi connectivity index (χ1v) is 37.1. The van der Waals surface area contributed by atoms with Crippen LogP contribution in [-0.4, -0.2) is 113 Å². The van der Waals surface area contributed by atoms with Crippen molar-refractivity contribution in [3.63, 3.8) is 0 Å². The minimum absolute atomic E-state index is 0.120. The van der Waals surface area contributed by atoms with E-state index in [1.54, 1.807) is 32.4 Å². The van der Waals surface area contributed by atoms with Crippen molar-refractivity contribution in [1.82, 2.24) is 0 Å². The van der Waals surface area contributed by atoms with E-state index in [2.05, 4.69) is 113 Å². The Morgan fingerprint density at radius 3 is 0.360 bits per heavy atom. The molecule has 0 aromatic carbocycles. The van der Waals surface area contributed by atoms with Crippen LogP contribution < -0.4 is 0 Å². The van der Waals surface area contributed by atoms with Crippen molar-refractivity contribution in [3.8, 4) is 0 Å². The molecule has 25 heavy (non-hydrogen) atoms. The molecule has 0 heterocycles. The van der Waals surface area contributed by atoms with Crippen LogP contribution in [0.1, 0.15) is 0 Å². The Balaban J connectivity index is -0.0000000306. The van der Waals surface area contributed by atoms with Crippen LogP contribution >= 0.6 is 48.2 Å². The van der Waals surface area contributed by atoms with Gasteiger partial charge in [0.05, 0.1) is 0 Å². The minimum atomic E-state index is 0.120. The predicted molar refractivity (Wildman–Crippen MR) is 152 cm³/mol. The molecule has 0 fully saturated rings. The van der Waals surface area contributed by atoms with Crippen molar-refractivity contribution >= 4 is 48.2 Å². The molecule has 0 saturated heterocycles. The second-order valence-corrected chi connectivity index (χ2v) is 24.2. The molecular weight excluding hydrogens is 758 g/mol. The molecule has 0 aliphatic heterocycles. The summed E-state index contributed by atoms with van der Waals surface area (Å²) in [5, 5.41) is 0. The maximum absolute atomic E-state index is 2.27. The van der Waals surface area contributed by atoms with Gasteiger partial charge in [-0.05, 0) is 48.2 Å². The van der Waals surface area contributed by atoms with Gasteiger partial charge < -0.3 is 0 Å². The van der Waals surface area contributed by atoms with E-state index in [1.807, 2.05) is 0 Å². The molecule has 0 saturated carbocycles. The molecule has 0 aromatic rings. The summed E-state index contributed by atoms with van der Waals surface area (Å²) in [4.78, 5) is 0. The van der Waals surface area contributed by atoms with Crippen LogP contribution in [0.5, 0.6) is 0 Å². The van der Waals surface area contributed by atoms with Gasteiger partial charge in [0, 0.05) is 113 Å². The molecule has 0 rings (SSSR count). The molecular formula is C17H58P6W2+6. The molecule has 0 aliphatic rings. The van der Waals surface area contributed by atoms with E-state index in [1.165, 1.54) is 0 Å². The number of rotatable bonds is 0. The van der Waals surface area contributed by atoms with Crippen molar-refractivity contribution < 1.29 is 32.4 Å². The molecule has 0 unspecified atom stereocenters. The van der Waals surface area contributed by atoms with Gasteiger partial charge in [0.25, 0.3) is 0 Å². The summed E-state index contributed by atoms with van der Waals surface area (Å²) in [6, 6.07) is 0. The van der Waals surface area contributed by atoms with Crippen molar-refractivity contribution in [2.45, 2.75) is 0 Å². The predicted octanol–water partition coefficient (Wildman–Crippen LogP) is 6.10. The summed E-state index contributed by atoms with van der Waals surface area (Å²) in [5.74, 6) is 0. The summed E-state index contributed by atoms with van der Waals surface area (Å²) in [6.45, 7) is 38.4. The van der Waals surface area contributed by atoms with Gasteiger partial charge in [0.2, 0.25) is 0 Å². The Hall–Kier alpha value is 3.96. The quantitative estimate of drug-likeness (QED) is 0.260. The molecule has 0 nitrogen and oxygen atoms in total. The van der Waals surface area contributed by atoms with Crippen LogP contribution in [0.25, 0.3) is 0 Å². The average molecular weight is 816 g/mol. The molecule has 0 aromatic heterocycles. The molecule has 162 valence electrons. The fourth-order valence-corrected chi connectivity index (χ4v) is 0. The Morgan fingerprint density at radius 2 is 0.360 bits per heavy atom. The topological polar surface area (TPSA) is 0 Å². The van der Waals surface area contributed by atoms with Gasteiger partial charge in [-0.3, -0.25) is 0 Å². The molecule has 0 amide bonds. The van der Waals surface area contributed by atoms with Crippen LogP contribution in [0.3, 0.4) is 0 Å². The molecule has 0 N–H and O–H groups in total. The Morgan fingerprint density at radius 1 is 0.360 bits per heavy atom.